The first-order chi connectivity index (χ1) is 11.6. The molecule has 124 valence electrons. The number of Topliss-reactive ketones (excluding diaryl/α,β-unsaturated/α-hetero) is 1. The zero-order chi connectivity index (χ0) is 16.7. The van der Waals surface area contributed by atoms with Gasteiger partial charge < -0.3 is 4.90 Å². The molecule has 1 fully saturated rings. The number of thiazole rings is 1. The van der Waals surface area contributed by atoms with E-state index in [0.29, 0.717) is 0 Å². The highest BCUT2D eigenvalue weighted by atomic mass is 32.1. The first-order valence-electron chi connectivity index (χ1n) is 8.28. The van der Waals surface area contributed by atoms with Crippen LogP contribution >= 0.6 is 11.3 Å². The predicted octanol–water partition coefficient (Wildman–Crippen LogP) is 3.44. The van der Waals surface area contributed by atoms with Crippen molar-refractivity contribution in [3.8, 4) is 0 Å². The van der Waals surface area contributed by atoms with Crippen molar-refractivity contribution < 1.29 is 4.79 Å². The Bertz CT molecular complexity index is 849. The van der Waals surface area contributed by atoms with Crippen LogP contribution in [0.15, 0.2) is 30.3 Å². The summed E-state index contributed by atoms with van der Waals surface area (Å²) < 4.78 is 2.98. The SMILES string of the molecule is Cc1nn(C)c2nc(N3CCC[C@@H](C(=O)c4ccccc4)C3)sc12. The second kappa shape index (κ2) is 6.02. The van der Waals surface area contributed by atoms with Gasteiger partial charge in [-0.3, -0.25) is 4.79 Å². The first-order valence-corrected chi connectivity index (χ1v) is 9.09. The van der Waals surface area contributed by atoms with Crippen molar-refractivity contribution in [3.05, 3.63) is 41.6 Å². The van der Waals surface area contributed by atoms with Crippen LogP contribution in [0, 0.1) is 12.8 Å². The minimum Gasteiger partial charge on any atom is -0.347 e. The minimum absolute atomic E-state index is 0.0485. The highest BCUT2D eigenvalue weighted by molar-refractivity contribution is 7.22. The fourth-order valence-corrected chi connectivity index (χ4v) is 4.48. The molecule has 1 aromatic carbocycles. The molecule has 2 aromatic heterocycles. The van der Waals surface area contributed by atoms with Crippen molar-refractivity contribution in [1.29, 1.82) is 0 Å². The third-order valence-electron chi connectivity index (χ3n) is 4.65. The Kier molecular flexibility index (Phi) is 3.84. The quantitative estimate of drug-likeness (QED) is 0.685. The molecule has 0 aliphatic carbocycles. The Balaban J connectivity index is 1.58. The summed E-state index contributed by atoms with van der Waals surface area (Å²) in [4.78, 5) is 19.8. The molecule has 6 heteroatoms. The fourth-order valence-electron chi connectivity index (χ4n) is 3.41. The van der Waals surface area contributed by atoms with E-state index >= 15 is 0 Å². The Morgan fingerprint density at radius 2 is 2.08 bits per heavy atom. The van der Waals surface area contributed by atoms with Crippen LogP contribution in [0.2, 0.25) is 0 Å². The Morgan fingerprint density at radius 3 is 2.83 bits per heavy atom. The summed E-state index contributed by atoms with van der Waals surface area (Å²) in [5, 5.41) is 5.42. The summed E-state index contributed by atoms with van der Waals surface area (Å²) in [7, 11) is 1.93. The monoisotopic (exact) mass is 340 g/mol. The van der Waals surface area contributed by atoms with Gasteiger partial charge in [-0.1, -0.05) is 41.7 Å². The number of anilines is 1. The average Bonchev–Trinajstić information content (AvgIpc) is 3.17. The number of hydrogen-bond acceptors (Lipinski definition) is 5. The molecule has 3 aromatic rings. The fraction of sp³-hybridized carbons (Fsp3) is 0.389. The maximum atomic E-state index is 12.7. The number of nitrogens with zero attached hydrogens (tertiary/aromatic N) is 4. The van der Waals surface area contributed by atoms with E-state index in [4.69, 9.17) is 4.98 Å². The van der Waals surface area contributed by atoms with Crippen LogP contribution < -0.4 is 4.90 Å². The van der Waals surface area contributed by atoms with Gasteiger partial charge in [-0.2, -0.15) is 5.10 Å². The molecule has 1 saturated heterocycles. The lowest BCUT2D eigenvalue weighted by molar-refractivity contribution is 0.0907. The van der Waals surface area contributed by atoms with Crippen LogP contribution in [0.5, 0.6) is 0 Å². The van der Waals surface area contributed by atoms with E-state index in [9.17, 15) is 4.79 Å². The second-order valence-electron chi connectivity index (χ2n) is 6.37. The third kappa shape index (κ3) is 2.60. The number of fused-ring (bicyclic) bond motifs is 1. The van der Waals surface area contributed by atoms with Gasteiger partial charge in [-0.15, -0.1) is 0 Å². The Morgan fingerprint density at radius 1 is 1.29 bits per heavy atom. The standard InChI is InChI=1S/C18H20N4OS/c1-12-16-17(21(2)20-12)19-18(24-16)22-10-6-9-14(11-22)15(23)13-7-4-3-5-8-13/h3-5,7-8,14H,6,9-11H2,1-2H3/t14-/m1/s1. The van der Waals surface area contributed by atoms with E-state index < -0.39 is 0 Å². The zero-order valence-electron chi connectivity index (χ0n) is 13.9. The number of carbonyl (C=O) groups excluding carboxylic acids is 1. The summed E-state index contributed by atoms with van der Waals surface area (Å²) in [5.74, 6) is 0.298. The highest BCUT2D eigenvalue weighted by Gasteiger charge is 2.28. The summed E-state index contributed by atoms with van der Waals surface area (Å²) in [6.07, 6.45) is 1.98. The average molecular weight is 340 g/mol. The summed E-state index contributed by atoms with van der Waals surface area (Å²) >= 11 is 1.68. The molecule has 1 aliphatic rings. The first kappa shape index (κ1) is 15.3. The maximum Gasteiger partial charge on any atom is 0.188 e. The van der Waals surface area contributed by atoms with E-state index in [2.05, 4.69) is 10.00 Å². The topological polar surface area (TPSA) is 51.0 Å². The van der Waals surface area contributed by atoms with E-state index in [1.807, 2.05) is 49.0 Å². The lowest BCUT2D eigenvalue weighted by atomic mass is 9.90. The van der Waals surface area contributed by atoms with Gasteiger partial charge >= 0.3 is 0 Å². The Labute approximate surface area is 144 Å². The zero-order valence-corrected chi connectivity index (χ0v) is 14.7. The number of ketones is 1. The molecule has 24 heavy (non-hydrogen) atoms. The van der Waals surface area contributed by atoms with Gasteiger partial charge in [0, 0.05) is 31.6 Å². The molecule has 1 atom stereocenters. The summed E-state index contributed by atoms with van der Waals surface area (Å²) in [6, 6.07) is 9.62. The summed E-state index contributed by atoms with van der Waals surface area (Å²) in [6.45, 7) is 3.73. The van der Waals surface area contributed by atoms with Gasteiger partial charge in [0.05, 0.1) is 10.4 Å². The predicted molar refractivity (Wildman–Crippen MR) is 96.8 cm³/mol. The molecular formula is C18H20N4OS. The molecule has 0 unspecified atom stereocenters. The van der Waals surface area contributed by atoms with E-state index in [0.717, 1.165) is 52.7 Å². The molecule has 0 radical (unpaired) electrons. The van der Waals surface area contributed by atoms with Gasteiger partial charge in [-0.05, 0) is 19.8 Å². The molecule has 0 spiro atoms. The molecule has 0 bridgehead atoms. The van der Waals surface area contributed by atoms with E-state index in [-0.39, 0.29) is 11.7 Å². The molecule has 0 saturated carbocycles. The van der Waals surface area contributed by atoms with Crippen molar-refractivity contribution in [2.45, 2.75) is 19.8 Å². The van der Waals surface area contributed by atoms with E-state index in [1.54, 1.807) is 11.3 Å². The lowest BCUT2D eigenvalue weighted by Crippen LogP contribution is -2.38. The number of carbonyl (C=O) groups is 1. The largest absolute Gasteiger partial charge is 0.347 e. The Hall–Kier alpha value is -2.21. The second-order valence-corrected chi connectivity index (χ2v) is 7.35. The number of hydrogen-bond donors (Lipinski definition) is 0. The molecule has 1 aliphatic heterocycles. The van der Waals surface area contributed by atoms with Gasteiger partial charge in [0.2, 0.25) is 0 Å². The van der Waals surface area contributed by atoms with E-state index in [1.165, 1.54) is 0 Å². The molecule has 0 N–H and O–H groups in total. The van der Waals surface area contributed by atoms with Gasteiger partial charge in [0.1, 0.15) is 0 Å². The van der Waals surface area contributed by atoms with Crippen LogP contribution in [0.1, 0.15) is 28.9 Å². The maximum absolute atomic E-state index is 12.7. The number of aromatic nitrogens is 3. The number of aryl methyl sites for hydroxylation is 2. The van der Waals surface area contributed by atoms with Crippen LogP contribution in [0.3, 0.4) is 0 Å². The van der Waals surface area contributed by atoms with Gasteiger partial charge in [0.15, 0.2) is 16.6 Å². The number of rotatable bonds is 3. The molecular weight excluding hydrogens is 320 g/mol. The van der Waals surface area contributed by atoms with Crippen LogP contribution in [0.25, 0.3) is 10.3 Å². The number of piperidine rings is 1. The van der Waals surface area contributed by atoms with Crippen molar-refractivity contribution in [1.82, 2.24) is 14.8 Å². The molecule has 3 heterocycles. The van der Waals surface area contributed by atoms with Crippen molar-refractivity contribution in [3.63, 3.8) is 0 Å². The molecule has 4 rings (SSSR count). The van der Waals surface area contributed by atoms with Gasteiger partial charge in [0.25, 0.3) is 0 Å². The minimum atomic E-state index is 0.0485. The lowest BCUT2D eigenvalue weighted by Gasteiger charge is -2.31. The van der Waals surface area contributed by atoms with Crippen LogP contribution in [-0.4, -0.2) is 33.6 Å². The van der Waals surface area contributed by atoms with Crippen molar-refractivity contribution in [2.75, 3.05) is 18.0 Å². The van der Waals surface area contributed by atoms with Crippen molar-refractivity contribution in [2.24, 2.45) is 13.0 Å². The van der Waals surface area contributed by atoms with Crippen LogP contribution in [0.4, 0.5) is 5.13 Å². The summed E-state index contributed by atoms with van der Waals surface area (Å²) in [5.41, 5.74) is 2.77. The normalized spacial score (nSPS) is 18.2. The molecule has 0 amide bonds. The van der Waals surface area contributed by atoms with Crippen molar-refractivity contribution >= 4 is 32.6 Å². The number of benzene rings is 1. The molecule has 5 nitrogen and oxygen atoms in total. The smallest absolute Gasteiger partial charge is 0.188 e. The van der Waals surface area contributed by atoms with Gasteiger partial charge in [-0.25, -0.2) is 9.67 Å². The van der Waals surface area contributed by atoms with Crippen LogP contribution in [-0.2, 0) is 7.05 Å². The third-order valence-corrected chi connectivity index (χ3v) is 5.87. The highest BCUT2D eigenvalue weighted by Crippen LogP contribution is 2.33.